The molecule has 0 spiro atoms. The molecule has 11 nitrogen and oxygen atoms in total. The average molecular weight is 652 g/mol. The van der Waals surface area contributed by atoms with Gasteiger partial charge in [-0.1, -0.05) is 65.8 Å². The van der Waals surface area contributed by atoms with E-state index >= 15 is 0 Å². The number of oxime groups is 1. The number of nitrogens with zero attached hydrogens (tertiary/aromatic N) is 3. The number of nitrogens with one attached hydrogen (secondary N) is 2. The number of anilines is 1. The maximum absolute atomic E-state index is 13.8. The van der Waals surface area contributed by atoms with Crippen LogP contribution in [-0.4, -0.2) is 68.9 Å². The summed E-state index contributed by atoms with van der Waals surface area (Å²) in [5.74, 6) is -1.43. The fourth-order valence-electron chi connectivity index (χ4n) is 4.74. The van der Waals surface area contributed by atoms with Crippen LogP contribution in [0.1, 0.15) is 35.8 Å². The van der Waals surface area contributed by atoms with Crippen LogP contribution in [0.25, 0.3) is 0 Å². The van der Waals surface area contributed by atoms with Crippen molar-refractivity contribution in [3.8, 4) is 0 Å². The molecule has 6 rings (SSSR count). The number of β-lactam (4-membered cyclic amide) rings is 1. The number of halogens is 1. The standard InChI is InChI=1S/C30H26ClN5O6S2/c31-13-19-14-43-28-23(34-26(38)22(35-42-20-11-12-20)21-15-44-30(33-21)32-16-37)27(39)36(28)24(19)29(40)41-25(17-7-3-1-4-8-17)18-9-5-2-6-10-18/h1-10,15-16,20,23,25,28H,11-14H2,(H,34,38)(H,32,33,37)/t23-,28+/m1/s1. The number of carbonyl (C=O) groups is 4. The molecule has 0 radical (unpaired) electrons. The highest BCUT2D eigenvalue weighted by atomic mass is 35.5. The zero-order valence-electron chi connectivity index (χ0n) is 23.1. The molecule has 3 aliphatic rings. The lowest BCUT2D eigenvalue weighted by Crippen LogP contribution is -2.71. The van der Waals surface area contributed by atoms with E-state index < -0.39 is 35.3 Å². The molecule has 2 atom stereocenters. The Balaban J connectivity index is 1.21. The average Bonchev–Trinajstić information content (AvgIpc) is 3.78. The first-order valence-electron chi connectivity index (χ1n) is 13.7. The van der Waals surface area contributed by atoms with E-state index in [1.807, 2.05) is 60.7 Å². The van der Waals surface area contributed by atoms with Gasteiger partial charge in [0.05, 0.1) is 0 Å². The highest BCUT2D eigenvalue weighted by molar-refractivity contribution is 8.00. The maximum atomic E-state index is 13.8. The molecular weight excluding hydrogens is 626 g/mol. The highest BCUT2D eigenvalue weighted by Gasteiger charge is 2.55. The Morgan fingerprint density at radius 2 is 1.80 bits per heavy atom. The van der Waals surface area contributed by atoms with E-state index in [-0.39, 0.29) is 34.2 Å². The molecule has 44 heavy (non-hydrogen) atoms. The van der Waals surface area contributed by atoms with Crippen LogP contribution in [0, 0.1) is 0 Å². The number of ether oxygens (including phenoxy) is 1. The van der Waals surface area contributed by atoms with Crippen molar-refractivity contribution in [3.05, 3.63) is 94.1 Å². The molecule has 3 aromatic rings. The zero-order chi connectivity index (χ0) is 30.6. The summed E-state index contributed by atoms with van der Waals surface area (Å²) in [6.07, 6.45) is 1.34. The van der Waals surface area contributed by atoms with E-state index in [4.69, 9.17) is 21.2 Å². The second-order valence-electron chi connectivity index (χ2n) is 10.1. The zero-order valence-corrected chi connectivity index (χ0v) is 25.4. The summed E-state index contributed by atoms with van der Waals surface area (Å²) < 4.78 is 6.07. The highest BCUT2D eigenvalue weighted by Crippen LogP contribution is 2.42. The lowest BCUT2D eigenvalue weighted by atomic mass is 10.0. The maximum Gasteiger partial charge on any atom is 0.356 e. The molecule has 2 aromatic carbocycles. The summed E-state index contributed by atoms with van der Waals surface area (Å²) in [6.45, 7) is 0. The molecule has 0 bridgehead atoms. The Bertz CT molecular complexity index is 1590. The molecule has 2 aliphatic heterocycles. The normalized spacial score (nSPS) is 19.6. The lowest BCUT2D eigenvalue weighted by molar-refractivity contribution is -0.154. The Morgan fingerprint density at radius 1 is 1.11 bits per heavy atom. The van der Waals surface area contributed by atoms with E-state index in [1.54, 1.807) is 5.38 Å². The first kappa shape index (κ1) is 29.9. The number of aromatic nitrogens is 1. The minimum absolute atomic E-state index is 0.0304. The largest absolute Gasteiger partial charge is 0.448 e. The van der Waals surface area contributed by atoms with Crippen LogP contribution in [0.3, 0.4) is 0 Å². The molecular formula is C30H26ClN5O6S2. The molecule has 1 aliphatic carbocycles. The van der Waals surface area contributed by atoms with Crippen molar-refractivity contribution in [1.82, 2.24) is 15.2 Å². The first-order chi connectivity index (χ1) is 21.5. The quantitative estimate of drug-likeness (QED) is 0.0753. The summed E-state index contributed by atoms with van der Waals surface area (Å²) in [7, 11) is 0. The monoisotopic (exact) mass is 651 g/mol. The van der Waals surface area contributed by atoms with E-state index in [0.29, 0.717) is 17.7 Å². The lowest BCUT2D eigenvalue weighted by Gasteiger charge is -2.49. The van der Waals surface area contributed by atoms with Crippen molar-refractivity contribution in [2.24, 2.45) is 5.16 Å². The number of amides is 3. The number of hydrogen-bond acceptors (Lipinski definition) is 10. The smallest absolute Gasteiger partial charge is 0.356 e. The van der Waals surface area contributed by atoms with Gasteiger partial charge in [-0.3, -0.25) is 19.3 Å². The molecule has 1 saturated carbocycles. The molecule has 3 amide bonds. The van der Waals surface area contributed by atoms with Gasteiger partial charge in [-0.05, 0) is 29.5 Å². The second-order valence-corrected chi connectivity index (χ2v) is 12.3. The van der Waals surface area contributed by atoms with Crippen LogP contribution in [0.5, 0.6) is 0 Å². The third-order valence-electron chi connectivity index (χ3n) is 7.08. The van der Waals surface area contributed by atoms with Crippen LogP contribution in [0.15, 0.2) is 82.5 Å². The minimum atomic E-state index is -0.941. The van der Waals surface area contributed by atoms with Crippen molar-refractivity contribution >= 4 is 69.7 Å². The van der Waals surface area contributed by atoms with Gasteiger partial charge in [-0.15, -0.1) is 34.7 Å². The number of carbonyl (C=O) groups excluding carboxylic acids is 4. The SMILES string of the molecule is O=CNc1nc(C(=NOC2CC2)C(=O)N[C@@H]2C(=O)N3C(C(=O)OC(c4ccccc4)c4ccccc4)=C(CCl)CS[C@@H]23)cs1. The third-order valence-corrected chi connectivity index (χ3v) is 9.52. The molecule has 0 unspecified atom stereocenters. The molecule has 226 valence electrons. The van der Waals surface area contributed by atoms with Gasteiger partial charge in [0, 0.05) is 17.0 Å². The van der Waals surface area contributed by atoms with Crippen molar-refractivity contribution in [1.29, 1.82) is 0 Å². The third kappa shape index (κ3) is 6.21. The van der Waals surface area contributed by atoms with E-state index in [1.165, 1.54) is 16.7 Å². The predicted molar refractivity (Wildman–Crippen MR) is 166 cm³/mol. The van der Waals surface area contributed by atoms with E-state index in [2.05, 4.69) is 20.8 Å². The van der Waals surface area contributed by atoms with Crippen LogP contribution in [0.4, 0.5) is 5.13 Å². The molecule has 3 heterocycles. The van der Waals surface area contributed by atoms with E-state index in [9.17, 15) is 19.2 Å². The summed E-state index contributed by atoms with van der Waals surface area (Å²) in [5.41, 5.74) is 2.27. The van der Waals surface area contributed by atoms with Gasteiger partial charge in [0.15, 0.2) is 16.9 Å². The number of alkyl halides is 1. The molecule has 1 saturated heterocycles. The summed E-state index contributed by atoms with van der Waals surface area (Å²) >= 11 is 8.75. The van der Waals surface area contributed by atoms with Crippen LogP contribution < -0.4 is 10.6 Å². The Hall–Kier alpha value is -4.20. The van der Waals surface area contributed by atoms with Gasteiger partial charge >= 0.3 is 5.97 Å². The number of thiazole rings is 1. The van der Waals surface area contributed by atoms with Gasteiger partial charge in [0.25, 0.3) is 11.8 Å². The van der Waals surface area contributed by atoms with Gasteiger partial charge < -0.3 is 20.2 Å². The Morgan fingerprint density at radius 3 is 2.41 bits per heavy atom. The molecule has 2 fully saturated rings. The van der Waals surface area contributed by atoms with E-state index in [0.717, 1.165) is 35.3 Å². The number of rotatable bonds is 12. The topological polar surface area (TPSA) is 139 Å². The van der Waals surface area contributed by atoms with Gasteiger partial charge in [0.1, 0.15) is 28.9 Å². The van der Waals surface area contributed by atoms with Crippen molar-refractivity contribution < 1.29 is 28.8 Å². The number of benzene rings is 2. The first-order valence-corrected chi connectivity index (χ1v) is 16.2. The fraction of sp³-hybridized carbons (Fsp3) is 0.267. The molecule has 2 N–H and O–H groups in total. The minimum Gasteiger partial charge on any atom is -0.448 e. The summed E-state index contributed by atoms with van der Waals surface area (Å²) in [4.78, 5) is 62.6. The number of thioether (sulfide) groups is 1. The number of esters is 1. The van der Waals surface area contributed by atoms with Gasteiger partial charge in [-0.25, -0.2) is 9.78 Å². The van der Waals surface area contributed by atoms with Crippen LogP contribution in [-0.2, 0) is 28.8 Å². The fourth-order valence-corrected chi connectivity index (χ4v) is 7.07. The van der Waals surface area contributed by atoms with Gasteiger partial charge in [0.2, 0.25) is 6.41 Å². The molecule has 1 aromatic heterocycles. The van der Waals surface area contributed by atoms with Crippen molar-refractivity contribution in [3.63, 3.8) is 0 Å². The predicted octanol–water partition coefficient (Wildman–Crippen LogP) is 3.82. The second kappa shape index (κ2) is 13.2. The Labute approximate surface area is 265 Å². The van der Waals surface area contributed by atoms with Crippen LogP contribution >= 0.6 is 34.7 Å². The van der Waals surface area contributed by atoms with Crippen LogP contribution in [0.2, 0.25) is 0 Å². The van der Waals surface area contributed by atoms with Crippen molar-refractivity contribution in [2.75, 3.05) is 16.9 Å². The molecule has 14 heteroatoms. The number of hydrogen-bond donors (Lipinski definition) is 2. The summed E-state index contributed by atoms with van der Waals surface area (Å²) in [5, 5.41) is 10.5. The van der Waals surface area contributed by atoms with Gasteiger partial charge in [-0.2, -0.15) is 0 Å². The number of fused-ring (bicyclic) bond motifs is 1. The Kier molecular flexibility index (Phi) is 8.96. The summed E-state index contributed by atoms with van der Waals surface area (Å²) in [6, 6.07) is 17.7. The van der Waals surface area contributed by atoms with Crippen molar-refractivity contribution in [2.45, 2.75) is 36.5 Å².